The molecule has 178 valence electrons. The number of hydrogen-bond donors (Lipinski definition) is 1. The maximum atomic E-state index is 12.8. The fraction of sp³-hybridized carbons (Fsp3) is 0.625. The Balaban J connectivity index is 1.28. The summed E-state index contributed by atoms with van der Waals surface area (Å²) >= 11 is 0. The zero-order valence-electron chi connectivity index (χ0n) is 19.5. The Morgan fingerprint density at radius 1 is 1.06 bits per heavy atom. The predicted octanol–water partition coefficient (Wildman–Crippen LogP) is 2.43. The molecule has 2 aromatic heterocycles. The van der Waals surface area contributed by atoms with Gasteiger partial charge in [-0.05, 0) is 30.5 Å². The predicted molar refractivity (Wildman–Crippen MR) is 122 cm³/mol. The van der Waals surface area contributed by atoms with E-state index in [1.807, 2.05) is 29.4 Å². The molecule has 0 spiro atoms. The van der Waals surface area contributed by atoms with E-state index in [0.717, 1.165) is 71.2 Å². The Bertz CT molecular complexity index is 915. The summed E-state index contributed by atoms with van der Waals surface area (Å²) in [5.74, 6) is 1.04. The van der Waals surface area contributed by atoms with Crippen LogP contribution < -0.4 is 5.32 Å². The van der Waals surface area contributed by atoms with Crippen LogP contribution in [0.5, 0.6) is 0 Å². The maximum absolute atomic E-state index is 12.8. The molecule has 0 atom stereocenters. The van der Waals surface area contributed by atoms with Crippen molar-refractivity contribution in [2.75, 3.05) is 26.2 Å². The highest BCUT2D eigenvalue weighted by Gasteiger charge is 2.38. The molecule has 1 aliphatic carbocycles. The van der Waals surface area contributed by atoms with Gasteiger partial charge in [-0.15, -0.1) is 0 Å². The van der Waals surface area contributed by atoms with Crippen molar-refractivity contribution in [2.45, 2.75) is 70.4 Å². The molecule has 1 saturated heterocycles. The number of aryl methyl sites for hydroxylation is 1. The third kappa shape index (κ3) is 6.16. The normalized spacial score (nSPS) is 19.1. The van der Waals surface area contributed by atoms with E-state index in [9.17, 15) is 9.59 Å². The van der Waals surface area contributed by atoms with Crippen LogP contribution in [0.15, 0.2) is 29.0 Å². The van der Waals surface area contributed by atoms with Crippen molar-refractivity contribution in [3.05, 3.63) is 41.8 Å². The molecule has 2 fully saturated rings. The number of carbonyl (C=O) groups is 2. The molecular formula is C24H34N6O3. The first-order chi connectivity index (χ1) is 16.0. The van der Waals surface area contributed by atoms with Gasteiger partial charge in [-0.1, -0.05) is 30.8 Å². The quantitative estimate of drug-likeness (QED) is 0.641. The van der Waals surface area contributed by atoms with Crippen molar-refractivity contribution >= 4 is 11.8 Å². The van der Waals surface area contributed by atoms with E-state index >= 15 is 0 Å². The summed E-state index contributed by atoms with van der Waals surface area (Å²) in [6, 6.07) is 4.06. The van der Waals surface area contributed by atoms with E-state index in [2.05, 4.69) is 25.3 Å². The molecule has 1 aliphatic heterocycles. The smallest absolute Gasteiger partial charge is 0.227 e. The lowest BCUT2D eigenvalue weighted by Crippen LogP contribution is -2.48. The molecular weight excluding hydrogens is 420 g/mol. The number of piperazine rings is 1. The van der Waals surface area contributed by atoms with Gasteiger partial charge in [-0.2, -0.15) is 4.98 Å². The van der Waals surface area contributed by atoms with Gasteiger partial charge in [0.2, 0.25) is 17.7 Å². The van der Waals surface area contributed by atoms with E-state index in [0.29, 0.717) is 24.6 Å². The highest BCUT2D eigenvalue weighted by Crippen LogP contribution is 2.34. The van der Waals surface area contributed by atoms with Gasteiger partial charge in [0.15, 0.2) is 5.82 Å². The first-order valence-corrected chi connectivity index (χ1v) is 12.0. The largest absolute Gasteiger partial charge is 0.343 e. The number of nitrogens with one attached hydrogen (secondary N) is 1. The number of aromatic nitrogens is 3. The molecule has 2 amide bonds. The molecule has 0 aromatic carbocycles. The molecule has 0 radical (unpaired) electrons. The molecule has 1 N–H and O–H groups in total. The molecule has 0 unspecified atom stereocenters. The monoisotopic (exact) mass is 454 g/mol. The van der Waals surface area contributed by atoms with Crippen LogP contribution >= 0.6 is 0 Å². The summed E-state index contributed by atoms with van der Waals surface area (Å²) in [4.78, 5) is 37.6. The van der Waals surface area contributed by atoms with Crippen LogP contribution in [0.2, 0.25) is 0 Å². The lowest BCUT2D eigenvalue weighted by Gasteiger charge is -2.34. The highest BCUT2D eigenvalue weighted by atomic mass is 16.5. The average Bonchev–Trinajstić information content (AvgIpc) is 3.18. The average molecular weight is 455 g/mol. The van der Waals surface area contributed by atoms with E-state index in [-0.39, 0.29) is 11.8 Å². The summed E-state index contributed by atoms with van der Waals surface area (Å²) in [5, 5.41) is 7.31. The molecule has 9 heteroatoms. The third-order valence-electron chi connectivity index (χ3n) is 6.70. The van der Waals surface area contributed by atoms with Gasteiger partial charge in [0.05, 0.1) is 0 Å². The number of amides is 2. The zero-order valence-corrected chi connectivity index (χ0v) is 19.5. The Morgan fingerprint density at radius 3 is 2.42 bits per heavy atom. The van der Waals surface area contributed by atoms with Gasteiger partial charge in [0.25, 0.3) is 0 Å². The van der Waals surface area contributed by atoms with Crippen LogP contribution in [0.4, 0.5) is 0 Å². The van der Waals surface area contributed by atoms with Crippen LogP contribution in [0.3, 0.4) is 0 Å². The van der Waals surface area contributed by atoms with Crippen LogP contribution in [0, 0.1) is 0 Å². The summed E-state index contributed by atoms with van der Waals surface area (Å²) in [6.07, 6.45) is 10.4. The van der Waals surface area contributed by atoms with Crippen molar-refractivity contribution in [1.29, 1.82) is 0 Å². The first-order valence-electron chi connectivity index (χ1n) is 12.0. The van der Waals surface area contributed by atoms with E-state index in [4.69, 9.17) is 4.52 Å². The number of nitrogens with zero attached hydrogens (tertiary/aromatic N) is 5. The number of hydrogen-bond acceptors (Lipinski definition) is 7. The third-order valence-corrected chi connectivity index (χ3v) is 6.70. The van der Waals surface area contributed by atoms with E-state index < -0.39 is 5.54 Å². The van der Waals surface area contributed by atoms with Crippen molar-refractivity contribution in [2.24, 2.45) is 0 Å². The van der Waals surface area contributed by atoms with Crippen molar-refractivity contribution in [3.63, 3.8) is 0 Å². The summed E-state index contributed by atoms with van der Waals surface area (Å²) in [6.45, 7) is 5.58. The molecule has 4 rings (SSSR count). The SMILES string of the molecule is CC(=O)NC1(c2noc(CCC(=O)N3CCN(Cc4ccncc4)CC3)n2)CCCCCC1. The van der Waals surface area contributed by atoms with Gasteiger partial charge < -0.3 is 14.7 Å². The summed E-state index contributed by atoms with van der Waals surface area (Å²) < 4.78 is 5.49. The van der Waals surface area contributed by atoms with Crippen molar-refractivity contribution in [3.8, 4) is 0 Å². The number of rotatable bonds is 7. The second-order valence-electron chi connectivity index (χ2n) is 9.20. The van der Waals surface area contributed by atoms with Gasteiger partial charge in [-0.3, -0.25) is 19.5 Å². The van der Waals surface area contributed by atoms with Gasteiger partial charge in [-0.25, -0.2) is 0 Å². The minimum Gasteiger partial charge on any atom is -0.343 e. The second kappa shape index (κ2) is 10.9. The molecule has 33 heavy (non-hydrogen) atoms. The first kappa shape index (κ1) is 23.4. The standard InChI is InChI=1S/C24H34N6O3/c1-19(31)27-24(10-4-2-3-5-11-24)23-26-21(33-28-23)6-7-22(32)30-16-14-29(15-17-30)18-20-8-12-25-13-9-20/h8-9,12-13H,2-7,10-11,14-18H2,1H3,(H,27,31). The summed E-state index contributed by atoms with van der Waals surface area (Å²) in [7, 11) is 0. The topological polar surface area (TPSA) is 104 Å². The Morgan fingerprint density at radius 2 is 1.76 bits per heavy atom. The Labute approximate surface area is 194 Å². The van der Waals surface area contributed by atoms with Gasteiger partial charge in [0, 0.05) is 64.9 Å². The minimum atomic E-state index is -0.556. The Kier molecular flexibility index (Phi) is 7.69. The second-order valence-corrected chi connectivity index (χ2v) is 9.20. The lowest BCUT2D eigenvalue weighted by molar-refractivity contribution is -0.133. The Hall–Kier alpha value is -2.81. The zero-order chi connectivity index (χ0) is 23.1. The fourth-order valence-corrected chi connectivity index (χ4v) is 4.90. The van der Waals surface area contributed by atoms with E-state index in [1.54, 1.807) is 0 Å². The van der Waals surface area contributed by atoms with Crippen molar-refractivity contribution in [1.82, 2.24) is 30.2 Å². The molecule has 2 aromatic rings. The van der Waals surface area contributed by atoms with Crippen LogP contribution in [-0.2, 0) is 28.1 Å². The fourth-order valence-electron chi connectivity index (χ4n) is 4.90. The highest BCUT2D eigenvalue weighted by molar-refractivity contribution is 5.76. The summed E-state index contributed by atoms with van der Waals surface area (Å²) in [5.41, 5.74) is 0.682. The van der Waals surface area contributed by atoms with Gasteiger partial charge >= 0.3 is 0 Å². The lowest BCUT2D eigenvalue weighted by atomic mass is 9.89. The van der Waals surface area contributed by atoms with Crippen LogP contribution in [0.25, 0.3) is 0 Å². The number of pyridine rings is 1. The van der Waals surface area contributed by atoms with Crippen LogP contribution in [-0.4, -0.2) is 62.9 Å². The molecule has 1 saturated carbocycles. The molecule has 0 bridgehead atoms. The molecule has 3 heterocycles. The van der Waals surface area contributed by atoms with Crippen LogP contribution in [0.1, 0.15) is 69.1 Å². The maximum Gasteiger partial charge on any atom is 0.227 e. The van der Waals surface area contributed by atoms with Gasteiger partial charge in [0.1, 0.15) is 5.54 Å². The van der Waals surface area contributed by atoms with Crippen molar-refractivity contribution < 1.29 is 14.1 Å². The molecule has 2 aliphatic rings. The van der Waals surface area contributed by atoms with E-state index in [1.165, 1.54) is 12.5 Å². The molecule has 9 nitrogen and oxygen atoms in total. The number of carbonyl (C=O) groups excluding carboxylic acids is 2. The minimum absolute atomic E-state index is 0.0819.